The van der Waals surface area contributed by atoms with Gasteiger partial charge in [-0.05, 0) is 161 Å². The van der Waals surface area contributed by atoms with Gasteiger partial charge >= 0.3 is 39.5 Å². The minimum absolute atomic E-state index is 0.0553. The number of aliphatic hydroxyl groups excluding tert-OH is 1. The molecule has 0 fully saturated rings. The molecule has 0 aliphatic rings. The van der Waals surface area contributed by atoms with Gasteiger partial charge in [-0.25, -0.2) is 9.13 Å². The summed E-state index contributed by atoms with van der Waals surface area (Å²) in [7, 11) is -9.99. The molecule has 3 N–H and O–H groups in total. The van der Waals surface area contributed by atoms with Crippen LogP contribution < -0.4 is 0 Å². The Hall–Kier alpha value is -5.32. The fourth-order valence-electron chi connectivity index (χ4n) is 9.66. The second-order valence-corrected chi connectivity index (χ2v) is 28.1. The molecular weight excluding hydrogens is 1330 g/mol. The number of aliphatic hydroxyl groups is 1. The molecule has 0 aromatic carbocycles. The van der Waals surface area contributed by atoms with Crippen molar-refractivity contribution in [2.24, 2.45) is 0 Å². The Balaban J connectivity index is 5.44. The summed E-state index contributed by atoms with van der Waals surface area (Å²) >= 11 is 0. The first-order valence-electron chi connectivity index (χ1n) is 38.7. The van der Waals surface area contributed by atoms with Gasteiger partial charge in [0, 0.05) is 25.7 Å². The lowest BCUT2D eigenvalue weighted by molar-refractivity contribution is -0.161. The van der Waals surface area contributed by atoms with E-state index >= 15 is 0 Å². The molecule has 580 valence electrons. The van der Waals surface area contributed by atoms with Crippen molar-refractivity contribution in [2.45, 2.75) is 303 Å². The highest BCUT2D eigenvalue weighted by Crippen LogP contribution is 2.45. The van der Waals surface area contributed by atoms with Crippen LogP contribution in [0.15, 0.2) is 158 Å². The average molecular weight is 1470 g/mol. The van der Waals surface area contributed by atoms with Gasteiger partial charge in [0.1, 0.15) is 19.3 Å². The number of esters is 4. The predicted octanol–water partition coefficient (Wildman–Crippen LogP) is 22.4. The Morgan fingerprint density at radius 2 is 0.510 bits per heavy atom. The molecule has 0 heterocycles. The van der Waals surface area contributed by atoms with E-state index in [2.05, 4.69) is 186 Å². The van der Waals surface area contributed by atoms with Gasteiger partial charge in [0.2, 0.25) is 0 Å². The topological polar surface area (TPSA) is 237 Å². The molecule has 0 aliphatic heterocycles. The fraction of sp³-hybridized carbons (Fsp3) is 0.639. The van der Waals surface area contributed by atoms with E-state index in [4.69, 9.17) is 37.0 Å². The normalized spacial score (nSPS) is 14.8. The molecule has 0 radical (unpaired) electrons. The molecule has 0 amide bonds. The van der Waals surface area contributed by atoms with Crippen molar-refractivity contribution < 1.29 is 80.2 Å². The average Bonchev–Trinajstić information content (AvgIpc) is 0.959. The maximum Gasteiger partial charge on any atom is 0.472 e. The van der Waals surface area contributed by atoms with Gasteiger partial charge in [-0.3, -0.25) is 37.3 Å². The second-order valence-electron chi connectivity index (χ2n) is 25.1. The van der Waals surface area contributed by atoms with Gasteiger partial charge in [0.05, 0.1) is 26.4 Å². The minimum Gasteiger partial charge on any atom is -0.462 e. The molecule has 19 heteroatoms. The largest absolute Gasteiger partial charge is 0.472 e. The second kappa shape index (κ2) is 74.0. The van der Waals surface area contributed by atoms with Crippen molar-refractivity contribution in [1.82, 2.24) is 0 Å². The standard InChI is InChI=1S/C83H136O17P2/c1-5-9-13-17-21-25-29-33-36-38-41-45-48-52-56-60-64-68-81(86)94-74-79(100-83(88)70-66-62-58-54-50-46-42-39-37-34-30-26-22-18-14-10-6-2)76-98-102(91,92)96-72-77(84)71-95-101(89,90)97-75-78(99-82(87)69-65-61-57-53-49-43-32-28-24-20-16-12-8-4)73-93-80(85)67-63-59-55-51-47-44-40-35-31-27-23-19-15-11-7-3/h9-11,13-16,20-23,25-28,32-37,40-42,45-46,77-79,84H,5-8,12,17-19,24,29-31,38-39,43-44,47-76H2,1-4H3,(H,89,90)(H,91,92)/b13-9-,14-10-,15-11-,20-16-,25-21-,26-22-,27-23-,32-28-,36-33-,37-34-,40-35-,45-41-,46-42-. The monoisotopic (exact) mass is 1470 g/mol. The van der Waals surface area contributed by atoms with Crippen LogP contribution in [0.2, 0.25) is 0 Å². The Morgan fingerprint density at radius 1 is 0.284 bits per heavy atom. The van der Waals surface area contributed by atoms with E-state index in [0.29, 0.717) is 25.7 Å². The molecule has 0 aliphatic carbocycles. The number of hydrogen-bond acceptors (Lipinski definition) is 15. The molecule has 0 spiro atoms. The van der Waals surface area contributed by atoms with E-state index in [0.717, 1.165) is 205 Å². The van der Waals surface area contributed by atoms with Crippen LogP contribution in [0.3, 0.4) is 0 Å². The van der Waals surface area contributed by atoms with E-state index in [9.17, 15) is 43.2 Å². The Bertz CT molecular complexity index is 2550. The number of rotatable bonds is 71. The zero-order chi connectivity index (χ0) is 74.6. The number of hydrogen-bond donors (Lipinski definition) is 3. The highest BCUT2D eigenvalue weighted by Gasteiger charge is 2.30. The fourth-order valence-corrected chi connectivity index (χ4v) is 11.2. The van der Waals surface area contributed by atoms with Crippen LogP contribution in [-0.2, 0) is 65.4 Å². The Kier molecular flexibility index (Phi) is 70.1. The molecule has 0 rings (SSSR count). The maximum absolute atomic E-state index is 13.1. The van der Waals surface area contributed by atoms with Crippen LogP contribution in [0.5, 0.6) is 0 Å². The molecule has 0 aromatic heterocycles. The summed E-state index contributed by atoms with van der Waals surface area (Å²) in [6.45, 7) is 4.36. The van der Waals surface area contributed by atoms with E-state index < -0.39 is 97.5 Å². The first kappa shape index (κ1) is 96.7. The zero-order valence-corrected chi connectivity index (χ0v) is 65.0. The van der Waals surface area contributed by atoms with Crippen LogP contribution >= 0.6 is 15.6 Å². The lowest BCUT2D eigenvalue weighted by Gasteiger charge is -2.21. The van der Waals surface area contributed by atoms with E-state index in [1.165, 1.54) is 0 Å². The first-order chi connectivity index (χ1) is 49.7. The summed E-state index contributed by atoms with van der Waals surface area (Å²) in [6.07, 6.45) is 85.1. The quantitative estimate of drug-likeness (QED) is 0.0169. The third kappa shape index (κ3) is 73.0. The van der Waals surface area contributed by atoms with Gasteiger partial charge in [0.15, 0.2) is 12.2 Å². The van der Waals surface area contributed by atoms with Crippen molar-refractivity contribution in [1.29, 1.82) is 0 Å². The number of unbranched alkanes of at least 4 members (excludes halogenated alkanes) is 19. The summed E-state index contributed by atoms with van der Waals surface area (Å²) in [6, 6.07) is 0. The summed E-state index contributed by atoms with van der Waals surface area (Å²) in [5.41, 5.74) is 0. The van der Waals surface area contributed by atoms with Crippen molar-refractivity contribution in [3.05, 3.63) is 158 Å². The number of carbonyl (C=O) groups excluding carboxylic acids is 4. The van der Waals surface area contributed by atoms with E-state index in [1.807, 2.05) is 0 Å². The third-order valence-corrected chi connectivity index (χ3v) is 17.4. The molecule has 0 saturated heterocycles. The van der Waals surface area contributed by atoms with E-state index in [1.54, 1.807) is 0 Å². The number of phosphoric ester groups is 2. The summed E-state index contributed by atoms with van der Waals surface area (Å²) < 4.78 is 68.5. The molecule has 5 unspecified atom stereocenters. The van der Waals surface area contributed by atoms with E-state index in [-0.39, 0.29) is 25.7 Å². The van der Waals surface area contributed by atoms with Crippen LogP contribution in [0.1, 0.15) is 285 Å². The van der Waals surface area contributed by atoms with Gasteiger partial charge in [-0.2, -0.15) is 0 Å². The number of phosphoric acid groups is 2. The smallest absolute Gasteiger partial charge is 0.462 e. The maximum atomic E-state index is 13.1. The van der Waals surface area contributed by atoms with Crippen molar-refractivity contribution in [3.8, 4) is 0 Å². The van der Waals surface area contributed by atoms with Crippen LogP contribution in [0.4, 0.5) is 0 Å². The molecule has 102 heavy (non-hydrogen) atoms. The number of allylic oxidation sites excluding steroid dienone is 26. The summed E-state index contributed by atoms with van der Waals surface area (Å²) in [5.74, 6) is -2.27. The van der Waals surface area contributed by atoms with Gasteiger partial charge in [0.25, 0.3) is 0 Å². The molecule has 0 bridgehead atoms. The molecule has 0 aromatic rings. The summed E-state index contributed by atoms with van der Waals surface area (Å²) in [4.78, 5) is 72.9. The zero-order valence-electron chi connectivity index (χ0n) is 63.2. The van der Waals surface area contributed by atoms with Gasteiger partial charge in [-0.15, -0.1) is 0 Å². The predicted molar refractivity (Wildman–Crippen MR) is 417 cm³/mol. The van der Waals surface area contributed by atoms with Crippen molar-refractivity contribution in [3.63, 3.8) is 0 Å². The molecule has 5 atom stereocenters. The summed E-state index contributed by atoms with van der Waals surface area (Å²) in [5, 5.41) is 10.6. The Morgan fingerprint density at radius 3 is 0.784 bits per heavy atom. The van der Waals surface area contributed by atoms with Crippen molar-refractivity contribution in [2.75, 3.05) is 39.6 Å². The van der Waals surface area contributed by atoms with Gasteiger partial charge < -0.3 is 33.8 Å². The van der Waals surface area contributed by atoms with Gasteiger partial charge in [-0.1, -0.05) is 256 Å². The number of ether oxygens (including phenoxy) is 4. The lowest BCUT2D eigenvalue weighted by Crippen LogP contribution is -2.30. The third-order valence-electron chi connectivity index (χ3n) is 15.4. The Labute approximate surface area is 617 Å². The molecular formula is C83H136O17P2. The molecule has 17 nitrogen and oxygen atoms in total. The van der Waals surface area contributed by atoms with Crippen LogP contribution in [-0.4, -0.2) is 96.7 Å². The minimum atomic E-state index is -5.00. The van der Waals surface area contributed by atoms with Crippen LogP contribution in [0, 0.1) is 0 Å². The number of carbonyl (C=O) groups is 4. The molecule has 0 saturated carbocycles. The van der Waals surface area contributed by atoms with Crippen LogP contribution in [0.25, 0.3) is 0 Å². The van der Waals surface area contributed by atoms with Crippen molar-refractivity contribution >= 4 is 39.5 Å². The lowest BCUT2D eigenvalue weighted by atomic mass is 10.1. The SMILES string of the molecule is CC/C=C\C/C=C\C/C=C\C/C=C\CCCCCCC(=O)OCC(COP(=O)(O)OCC(O)COP(=O)(O)OCC(COC(=O)CCCCCCC/C=C\C/C=C\C/C=C\CC)OC(=O)CCCCCCC/C=C\C/C=C\CCC)OC(=O)CCCCCC/C=C\C/C=C\C/C=C\C/C=C\CC. The highest BCUT2D eigenvalue weighted by atomic mass is 31.2. The highest BCUT2D eigenvalue weighted by molar-refractivity contribution is 7.47. The first-order valence-corrected chi connectivity index (χ1v) is 41.7.